The predicted octanol–water partition coefficient (Wildman–Crippen LogP) is 2.24. The average Bonchev–Trinajstić information content (AvgIpc) is 2.78. The van der Waals surface area contributed by atoms with Gasteiger partial charge >= 0.3 is 0 Å². The molecule has 0 aliphatic carbocycles. The molecule has 0 aromatic heterocycles. The van der Waals surface area contributed by atoms with E-state index in [4.69, 9.17) is 4.74 Å². The van der Waals surface area contributed by atoms with E-state index in [1.807, 2.05) is 0 Å². The number of non-ortho nitro benzene ring substituents is 1. The normalized spacial score (nSPS) is 15.2. The number of carbonyl (C=O) groups is 1. The van der Waals surface area contributed by atoms with Gasteiger partial charge in [0.05, 0.1) is 23.0 Å². The Bertz CT molecular complexity index is 1080. The van der Waals surface area contributed by atoms with Gasteiger partial charge in [-0.3, -0.25) is 24.5 Å². The molecule has 11 heteroatoms. The zero-order chi connectivity index (χ0) is 23.4. The number of hydrogen-bond donors (Lipinski definition) is 2. The maximum Gasteiger partial charge on any atom is 0.270 e. The Hall–Kier alpha value is -3.02. The highest BCUT2D eigenvalue weighted by Crippen LogP contribution is 2.21. The van der Waals surface area contributed by atoms with E-state index in [-0.39, 0.29) is 27.7 Å². The molecule has 1 fully saturated rings. The van der Waals surface area contributed by atoms with Crippen molar-refractivity contribution in [3.05, 3.63) is 64.2 Å². The van der Waals surface area contributed by atoms with Crippen molar-refractivity contribution in [1.82, 2.24) is 10.2 Å². The molecule has 10 nitrogen and oxygen atoms in total. The number of ether oxygens (including phenoxy) is 1. The van der Waals surface area contributed by atoms with Gasteiger partial charge in [0.15, 0.2) is 0 Å². The lowest BCUT2D eigenvalue weighted by Crippen LogP contribution is -2.55. The van der Waals surface area contributed by atoms with Crippen LogP contribution in [0.3, 0.4) is 0 Å². The predicted molar refractivity (Wildman–Crippen MR) is 119 cm³/mol. The number of rotatable bonds is 8. The second-order valence-electron chi connectivity index (χ2n) is 8.03. The fraction of sp³-hybridized carbons (Fsp3) is 0.381. The van der Waals surface area contributed by atoms with Crippen LogP contribution >= 0.6 is 0 Å². The third-order valence-electron chi connectivity index (χ3n) is 5.29. The summed E-state index contributed by atoms with van der Waals surface area (Å²) in [5, 5.41) is 13.8. The molecule has 32 heavy (non-hydrogen) atoms. The molecule has 0 radical (unpaired) electrons. The highest BCUT2D eigenvalue weighted by atomic mass is 32.2. The maximum absolute atomic E-state index is 12.5. The third kappa shape index (κ3) is 5.81. The van der Waals surface area contributed by atoms with E-state index >= 15 is 0 Å². The van der Waals surface area contributed by atoms with E-state index in [1.54, 1.807) is 0 Å². The first kappa shape index (κ1) is 23.6. The van der Waals surface area contributed by atoms with Crippen LogP contribution in [-0.2, 0) is 14.8 Å². The van der Waals surface area contributed by atoms with Gasteiger partial charge in [-0.15, -0.1) is 0 Å². The molecule has 1 saturated heterocycles. The van der Waals surface area contributed by atoms with Crippen molar-refractivity contribution >= 4 is 27.3 Å². The lowest BCUT2D eigenvalue weighted by atomic mass is 10.0. The van der Waals surface area contributed by atoms with Crippen LogP contribution in [0, 0.1) is 10.1 Å². The summed E-state index contributed by atoms with van der Waals surface area (Å²) in [6, 6.07) is 10.7. The van der Waals surface area contributed by atoms with E-state index < -0.39 is 14.9 Å². The summed E-state index contributed by atoms with van der Waals surface area (Å²) in [4.78, 5) is 24.8. The molecule has 1 aliphatic rings. The Morgan fingerprint density at radius 2 is 1.81 bits per heavy atom. The standard InChI is InChI=1S/C21H26N4O6S/c1-21(2,24-10-12-31-13-11-24)15-22-20(26)16-6-8-17(9-7-16)23-32(29,30)19-5-3-4-18(14-19)25(27)28/h3-9,14,23H,10-13,15H2,1-2H3,(H,22,26). The molecule has 1 amide bonds. The Labute approximate surface area is 186 Å². The number of anilines is 1. The first-order chi connectivity index (χ1) is 15.1. The van der Waals surface area contributed by atoms with Crippen LogP contribution < -0.4 is 10.0 Å². The van der Waals surface area contributed by atoms with Gasteiger partial charge in [0.1, 0.15) is 0 Å². The van der Waals surface area contributed by atoms with Crippen LogP contribution in [0.25, 0.3) is 0 Å². The van der Waals surface area contributed by atoms with E-state index in [0.717, 1.165) is 19.2 Å². The zero-order valence-electron chi connectivity index (χ0n) is 17.9. The number of morpholine rings is 1. The van der Waals surface area contributed by atoms with Crippen molar-refractivity contribution in [3.8, 4) is 0 Å². The number of benzene rings is 2. The van der Waals surface area contributed by atoms with Crippen molar-refractivity contribution in [2.24, 2.45) is 0 Å². The van der Waals surface area contributed by atoms with Crippen LogP contribution in [0.5, 0.6) is 0 Å². The van der Waals surface area contributed by atoms with Gasteiger partial charge in [-0.05, 0) is 44.2 Å². The van der Waals surface area contributed by atoms with E-state index in [0.29, 0.717) is 25.3 Å². The van der Waals surface area contributed by atoms with E-state index in [9.17, 15) is 23.3 Å². The molecule has 1 heterocycles. The van der Waals surface area contributed by atoms with Gasteiger partial charge in [-0.1, -0.05) is 6.07 Å². The van der Waals surface area contributed by atoms with Crippen molar-refractivity contribution < 1.29 is 22.9 Å². The van der Waals surface area contributed by atoms with Gasteiger partial charge in [0, 0.05) is 48.6 Å². The van der Waals surface area contributed by atoms with E-state index in [2.05, 4.69) is 28.8 Å². The topological polar surface area (TPSA) is 131 Å². The molecule has 0 bridgehead atoms. The smallest absolute Gasteiger partial charge is 0.270 e. The summed E-state index contributed by atoms with van der Waals surface area (Å²) in [5.41, 5.74) is 0.0792. The van der Waals surface area contributed by atoms with Crippen LogP contribution in [-0.4, -0.2) is 62.5 Å². The molecular formula is C21H26N4O6S. The van der Waals surface area contributed by atoms with Crippen LogP contribution in [0.15, 0.2) is 53.4 Å². The van der Waals surface area contributed by atoms with Gasteiger partial charge in [0.2, 0.25) is 0 Å². The quantitative estimate of drug-likeness (QED) is 0.454. The summed E-state index contributed by atoms with van der Waals surface area (Å²) in [6.07, 6.45) is 0. The minimum absolute atomic E-state index is 0.223. The molecule has 2 N–H and O–H groups in total. The minimum Gasteiger partial charge on any atom is -0.379 e. The number of amides is 1. The summed E-state index contributed by atoms with van der Waals surface area (Å²) >= 11 is 0. The number of sulfonamides is 1. The Balaban J connectivity index is 1.62. The second kappa shape index (κ2) is 9.63. The maximum atomic E-state index is 12.5. The Kier molecular flexibility index (Phi) is 7.12. The van der Waals surface area contributed by atoms with Crippen LogP contribution in [0.4, 0.5) is 11.4 Å². The van der Waals surface area contributed by atoms with Gasteiger partial charge in [-0.25, -0.2) is 8.42 Å². The number of nitrogens with zero attached hydrogens (tertiary/aromatic N) is 2. The number of nitro groups is 1. The third-order valence-corrected chi connectivity index (χ3v) is 6.67. The SMILES string of the molecule is CC(C)(CNC(=O)c1ccc(NS(=O)(=O)c2cccc([N+](=O)[O-])c2)cc1)N1CCOCC1. The van der Waals surface area contributed by atoms with Crippen molar-refractivity contribution in [2.45, 2.75) is 24.3 Å². The van der Waals surface area contributed by atoms with Crippen molar-refractivity contribution in [3.63, 3.8) is 0 Å². The zero-order valence-corrected chi connectivity index (χ0v) is 18.7. The highest BCUT2D eigenvalue weighted by molar-refractivity contribution is 7.92. The summed E-state index contributed by atoms with van der Waals surface area (Å²) in [5.74, 6) is -0.264. The summed E-state index contributed by atoms with van der Waals surface area (Å²) < 4.78 is 32.8. The average molecular weight is 463 g/mol. The first-order valence-corrected chi connectivity index (χ1v) is 11.6. The van der Waals surface area contributed by atoms with Crippen molar-refractivity contribution in [1.29, 1.82) is 0 Å². The number of carbonyl (C=O) groups excluding carboxylic acids is 1. The number of nitrogens with one attached hydrogen (secondary N) is 2. The molecule has 172 valence electrons. The molecular weight excluding hydrogens is 436 g/mol. The monoisotopic (exact) mass is 462 g/mol. The molecule has 2 aromatic rings. The molecule has 1 aliphatic heterocycles. The van der Waals surface area contributed by atoms with Crippen LogP contribution in [0.1, 0.15) is 24.2 Å². The molecule has 3 rings (SSSR count). The summed E-state index contributed by atoms with van der Waals surface area (Å²) in [6.45, 7) is 7.53. The number of nitro benzene ring substituents is 1. The largest absolute Gasteiger partial charge is 0.379 e. The lowest BCUT2D eigenvalue weighted by Gasteiger charge is -2.40. The molecule has 2 aromatic carbocycles. The lowest BCUT2D eigenvalue weighted by molar-refractivity contribution is -0.385. The Morgan fingerprint density at radius 1 is 1.16 bits per heavy atom. The first-order valence-electron chi connectivity index (χ1n) is 10.1. The van der Waals surface area contributed by atoms with Gasteiger partial charge in [0.25, 0.3) is 21.6 Å². The van der Waals surface area contributed by atoms with Crippen LogP contribution in [0.2, 0.25) is 0 Å². The Morgan fingerprint density at radius 3 is 2.44 bits per heavy atom. The second-order valence-corrected chi connectivity index (χ2v) is 9.71. The van der Waals surface area contributed by atoms with Gasteiger partial charge < -0.3 is 10.1 Å². The fourth-order valence-corrected chi connectivity index (χ4v) is 4.44. The molecule has 0 unspecified atom stereocenters. The highest BCUT2D eigenvalue weighted by Gasteiger charge is 2.28. The fourth-order valence-electron chi connectivity index (χ4n) is 3.35. The molecule has 0 atom stereocenters. The minimum atomic E-state index is -4.02. The van der Waals surface area contributed by atoms with Crippen molar-refractivity contribution in [2.75, 3.05) is 37.6 Å². The van der Waals surface area contributed by atoms with Gasteiger partial charge in [-0.2, -0.15) is 0 Å². The molecule has 0 saturated carbocycles. The molecule has 0 spiro atoms. The summed E-state index contributed by atoms with van der Waals surface area (Å²) in [7, 11) is -4.02. The number of hydrogen-bond acceptors (Lipinski definition) is 7. The van der Waals surface area contributed by atoms with E-state index in [1.165, 1.54) is 42.5 Å².